The predicted molar refractivity (Wildman–Crippen MR) is 54.1 cm³/mol. The van der Waals surface area contributed by atoms with E-state index < -0.39 is 0 Å². The van der Waals surface area contributed by atoms with Crippen LogP contribution in [-0.2, 0) is 9.53 Å². The maximum absolute atomic E-state index is 11.5. The zero-order valence-electron chi connectivity index (χ0n) is 8.26. The number of piperidine rings is 1. The summed E-state index contributed by atoms with van der Waals surface area (Å²) < 4.78 is 5.01. The van der Waals surface area contributed by atoms with Crippen LogP contribution < -0.4 is 5.32 Å². The molecule has 0 aromatic heterocycles. The fraction of sp³-hybridized carbons (Fsp3) is 0.889. The molecule has 0 saturated carbocycles. The molecular weight excluding hydrogens is 190 g/mol. The molecule has 78 valence electrons. The molecule has 1 aliphatic heterocycles. The van der Waals surface area contributed by atoms with E-state index in [0.29, 0.717) is 6.61 Å². The first-order chi connectivity index (χ1) is 5.69. The summed E-state index contributed by atoms with van der Waals surface area (Å²) in [6, 6.07) is 0. The Labute approximate surface area is 85.6 Å². The lowest BCUT2D eigenvalue weighted by Gasteiger charge is -2.31. The molecule has 1 saturated heterocycles. The standard InChI is InChI=1S/C9H17NO2.ClH/c1-3-12-8(11)9(2)5-4-6-10-7-9;/h10H,3-7H2,1-2H3;1H. The van der Waals surface area contributed by atoms with Gasteiger partial charge >= 0.3 is 5.97 Å². The lowest BCUT2D eigenvalue weighted by molar-refractivity contribution is -0.155. The van der Waals surface area contributed by atoms with Crippen molar-refractivity contribution in [2.75, 3.05) is 19.7 Å². The fourth-order valence-electron chi connectivity index (χ4n) is 1.54. The zero-order valence-corrected chi connectivity index (χ0v) is 9.08. The molecule has 4 heteroatoms. The van der Waals surface area contributed by atoms with E-state index in [0.717, 1.165) is 25.9 Å². The molecule has 1 atom stereocenters. The number of esters is 1. The highest BCUT2D eigenvalue weighted by atomic mass is 35.5. The van der Waals surface area contributed by atoms with Gasteiger partial charge in [0, 0.05) is 6.54 Å². The highest BCUT2D eigenvalue weighted by Gasteiger charge is 2.35. The van der Waals surface area contributed by atoms with Gasteiger partial charge in [-0.25, -0.2) is 0 Å². The van der Waals surface area contributed by atoms with E-state index in [2.05, 4.69) is 5.32 Å². The van der Waals surface area contributed by atoms with Gasteiger partial charge in [-0.2, -0.15) is 0 Å². The van der Waals surface area contributed by atoms with Gasteiger partial charge < -0.3 is 10.1 Å². The monoisotopic (exact) mass is 207 g/mol. The molecular formula is C9H18ClNO2. The minimum atomic E-state index is -0.283. The molecule has 1 unspecified atom stereocenters. The van der Waals surface area contributed by atoms with E-state index in [1.807, 2.05) is 13.8 Å². The zero-order chi connectivity index (χ0) is 9.03. The van der Waals surface area contributed by atoms with Crippen LogP contribution in [0.25, 0.3) is 0 Å². The van der Waals surface area contributed by atoms with Gasteiger partial charge in [-0.05, 0) is 33.2 Å². The first-order valence-corrected chi connectivity index (χ1v) is 4.57. The van der Waals surface area contributed by atoms with Crippen LogP contribution in [0.1, 0.15) is 26.7 Å². The number of rotatable bonds is 2. The molecule has 1 heterocycles. The van der Waals surface area contributed by atoms with Crippen molar-refractivity contribution < 1.29 is 9.53 Å². The number of carbonyl (C=O) groups excluding carboxylic acids is 1. The van der Waals surface area contributed by atoms with Crippen molar-refractivity contribution in [3.63, 3.8) is 0 Å². The van der Waals surface area contributed by atoms with E-state index in [4.69, 9.17) is 4.74 Å². The van der Waals surface area contributed by atoms with Crippen molar-refractivity contribution in [1.29, 1.82) is 0 Å². The van der Waals surface area contributed by atoms with Gasteiger partial charge in [0.15, 0.2) is 0 Å². The lowest BCUT2D eigenvalue weighted by atomic mass is 9.83. The third-order valence-corrected chi connectivity index (χ3v) is 2.37. The molecule has 0 bridgehead atoms. The molecule has 3 nitrogen and oxygen atoms in total. The van der Waals surface area contributed by atoms with E-state index in [1.54, 1.807) is 0 Å². The number of ether oxygens (including phenoxy) is 1. The van der Waals surface area contributed by atoms with Gasteiger partial charge in [-0.15, -0.1) is 12.4 Å². The van der Waals surface area contributed by atoms with E-state index in [9.17, 15) is 4.79 Å². The van der Waals surface area contributed by atoms with Crippen molar-refractivity contribution in [3.05, 3.63) is 0 Å². The summed E-state index contributed by atoms with van der Waals surface area (Å²) in [5, 5.41) is 3.21. The summed E-state index contributed by atoms with van der Waals surface area (Å²) in [6.45, 7) is 6.07. The maximum Gasteiger partial charge on any atom is 0.313 e. The van der Waals surface area contributed by atoms with Crippen LogP contribution in [0.2, 0.25) is 0 Å². The molecule has 13 heavy (non-hydrogen) atoms. The lowest BCUT2D eigenvalue weighted by Crippen LogP contribution is -2.44. The van der Waals surface area contributed by atoms with Crippen LogP contribution in [0, 0.1) is 5.41 Å². The van der Waals surface area contributed by atoms with E-state index >= 15 is 0 Å². The predicted octanol–water partition coefficient (Wildman–Crippen LogP) is 1.36. The summed E-state index contributed by atoms with van der Waals surface area (Å²) in [6.07, 6.45) is 2.01. The molecule has 1 fully saturated rings. The second-order valence-electron chi connectivity index (χ2n) is 3.56. The minimum absolute atomic E-state index is 0. The third kappa shape index (κ3) is 3.16. The first-order valence-electron chi connectivity index (χ1n) is 4.57. The van der Waals surface area contributed by atoms with E-state index in [-0.39, 0.29) is 23.8 Å². The van der Waals surface area contributed by atoms with Crippen LogP contribution >= 0.6 is 12.4 Å². The van der Waals surface area contributed by atoms with Crippen LogP contribution in [0.15, 0.2) is 0 Å². The van der Waals surface area contributed by atoms with Gasteiger partial charge in [0.25, 0.3) is 0 Å². The van der Waals surface area contributed by atoms with Crippen LogP contribution in [-0.4, -0.2) is 25.7 Å². The Morgan fingerprint density at radius 2 is 2.31 bits per heavy atom. The SMILES string of the molecule is CCOC(=O)C1(C)CCCNC1.Cl. The third-order valence-electron chi connectivity index (χ3n) is 2.37. The van der Waals surface area contributed by atoms with Crippen molar-refractivity contribution in [2.45, 2.75) is 26.7 Å². The molecule has 0 amide bonds. The van der Waals surface area contributed by atoms with Gasteiger partial charge in [0.1, 0.15) is 0 Å². The normalized spacial score (nSPS) is 27.5. The average molecular weight is 208 g/mol. The summed E-state index contributed by atoms with van der Waals surface area (Å²) in [4.78, 5) is 11.5. The molecule has 0 aliphatic carbocycles. The van der Waals surface area contributed by atoms with Crippen molar-refractivity contribution in [2.24, 2.45) is 5.41 Å². The first kappa shape index (κ1) is 12.7. The van der Waals surface area contributed by atoms with Gasteiger partial charge in [-0.3, -0.25) is 4.79 Å². The number of nitrogens with one attached hydrogen (secondary N) is 1. The quantitative estimate of drug-likeness (QED) is 0.695. The minimum Gasteiger partial charge on any atom is -0.466 e. The summed E-state index contributed by atoms with van der Waals surface area (Å²) in [7, 11) is 0. The van der Waals surface area contributed by atoms with Crippen LogP contribution in [0.5, 0.6) is 0 Å². The van der Waals surface area contributed by atoms with E-state index in [1.165, 1.54) is 0 Å². The van der Waals surface area contributed by atoms with Crippen molar-refractivity contribution >= 4 is 18.4 Å². The topological polar surface area (TPSA) is 38.3 Å². The van der Waals surface area contributed by atoms with Gasteiger partial charge in [0.2, 0.25) is 0 Å². The molecule has 0 radical (unpaired) electrons. The highest BCUT2D eigenvalue weighted by molar-refractivity contribution is 5.85. The molecule has 0 aromatic rings. The second-order valence-corrected chi connectivity index (χ2v) is 3.56. The average Bonchev–Trinajstić information content (AvgIpc) is 2.06. The van der Waals surface area contributed by atoms with Crippen LogP contribution in [0.3, 0.4) is 0 Å². The molecule has 1 rings (SSSR count). The Morgan fingerprint density at radius 3 is 2.77 bits per heavy atom. The summed E-state index contributed by atoms with van der Waals surface area (Å²) in [5.41, 5.74) is -0.283. The number of hydrogen-bond acceptors (Lipinski definition) is 3. The maximum atomic E-state index is 11.5. The Bertz CT molecular complexity index is 167. The molecule has 1 N–H and O–H groups in total. The highest BCUT2D eigenvalue weighted by Crippen LogP contribution is 2.26. The summed E-state index contributed by atoms with van der Waals surface area (Å²) in [5.74, 6) is -0.0581. The largest absolute Gasteiger partial charge is 0.466 e. The van der Waals surface area contributed by atoms with Gasteiger partial charge in [0.05, 0.1) is 12.0 Å². The van der Waals surface area contributed by atoms with Gasteiger partial charge in [-0.1, -0.05) is 0 Å². The van der Waals surface area contributed by atoms with Crippen molar-refractivity contribution in [1.82, 2.24) is 5.32 Å². The number of hydrogen-bond donors (Lipinski definition) is 1. The van der Waals surface area contributed by atoms with Crippen LogP contribution in [0.4, 0.5) is 0 Å². The smallest absolute Gasteiger partial charge is 0.313 e. The molecule has 1 aliphatic rings. The Hall–Kier alpha value is -0.280. The Morgan fingerprint density at radius 1 is 1.62 bits per heavy atom. The Balaban J connectivity index is 0.00000144. The summed E-state index contributed by atoms with van der Waals surface area (Å²) >= 11 is 0. The molecule has 0 spiro atoms. The second kappa shape index (κ2) is 5.45. The van der Waals surface area contributed by atoms with Crippen molar-refractivity contribution in [3.8, 4) is 0 Å². The Kier molecular flexibility index (Phi) is 5.33. The number of halogens is 1. The number of carbonyl (C=O) groups is 1. The fourth-order valence-corrected chi connectivity index (χ4v) is 1.54. The molecule has 0 aromatic carbocycles.